The van der Waals surface area contributed by atoms with Crippen molar-refractivity contribution >= 4 is 28.9 Å². The number of allylic oxidation sites excluding steroid dienone is 1. The molecule has 1 aromatic carbocycles. The Labute approximate surface area is 116 Å². The molecule has 1 rings (SSSR count). The van der Waals surface area contributed by atoms with E-state index in [0.717, 1.165) is 17.7 Å². The summed E-state index contributed by atoms with van der Waals surface area (Å²) in [6, 6.07) is 4.72. The van der Waals surface area contributed by atoms with Gasteiger partial charge in [-0.05, 0) is 24.1 Å². The number of carbonyl (C=O) groups excluding carboxylic acids is 2. The normalized spacial score (nSPS) is 10.6. The molecular weight excluding hydrogens is 264 g/mol. The monoisotopic (exact) mass is 280 g/mol. The molecule has 0 fully saturated rings. The van der Waals surface area contributed by atoms with Gasteiger partial charge in [0.25, 0.3) is 0 Å². The predicted octanol–water partition coefficient (Wildman–Crippen LogP) is 2.86. The van der Waals surface area contributed by atoms with Gasteiger partial charge in [0.1, 0.15) is 11.3 Å². The number of rotatable bonds is 5. The highest BCUT2D eigenvalue weighted by atomic mass is 32.2. The minimum Gasteiger partial charge on any atom is -0.507 e. The van der Waals surface area contributed by atoms with Crippen LogP contribution in [-0.4, -0.2) is 29.1 Å². The smallest absolute Gasteiger partial charge is 0.341 e. The van der Waals surface area contributed by atoms with Crippen molar-refractivity contribution in [3.05, 3.63) is 35.4 Å². The fourth-order valence-electron chi connectivity index (χ4n) is 1.42. The molecule has 0 amide bonds. The van der Waals surface area contributed by atoms with Crippen LogP contribution in [0.3, 0.4) is 0 Å². The predicted molar refractivity (Wildman–Crippen MR) is 76.2 cm³/mol. The maximum Gasteiger partial charge on any atom is 0.341 e. The third-order valence-corrected chi connectivity index (χ3v) is 3.17. The summed E-state index contributed by atoms with van der Waals surface area (Å²) in [6.45, 7) is 1.54. The minimum absolute atomic E-state index is 0.101. The number of phenols is 1. The lowest BCUT2D eigenvalue weighted by Crippen LogP contribution is -2.01. The van der Waals surface area contributed by atoms with Crippen LogP contribution in [0.4, 0.5) is 0 Å². The number of ether oxygens (including phenoxy) is 1. The molecule has 0 spiro atoms. The van der Waals surface area contributed by atoms with Crippen molar-refractivity contribution in [3.63, 3.8) is 0 Å². The van der Waals surface area contributed by atoms with Gasteiger partial charge in [0.2, 0.25) is 0 Å². The molecule has 102 valence electrons. The molecule has 19 heavy (non-hydrogen) atoms. The Bertz CT molecular complexity index is 494. The zero-order chi connectivity index (χ0) is 14.3. The number of carbonyl (C=O) groups is 2. The summed E-state index contributed by atoms with van der Waals surface area (Å²) in [5.74, 6) is 0.0596. The highest BCUT2D eigenvalue weighted by Gasteiger charge is 2.10. The lowest BCUT2D eigenvalue weighted by Gasteiger charge is -2.03. The second kappa shape index (κ2) is 7.63. The summed E-state index contributed by atoms with van der Waals surface area (Å²) >= 11 is 1.28. The second-order valence-corrected chi connectivity index (χ2v) is 5.07. The Morgan fingerprint density at radius 3 is 2.79 bits per heavy atom. The van der Waals surface area contributed by atoms with Gasteiger partial charge >= 0.3 is 5.97 Å². The van der Waals surface area contributed by atoms with Crippen LogP contribution >= 0.6 is 11.8 Å². The summed E-state index contributed by atoms with van der Waals surface area (Å²) in [7, 11) is 1.27. The van der Waals surface area contributed by atoms with Gasteiger partial charge in [-0.25, -0.2) is 4.79 Å². The SMILES string of the molecule is COC(=O)c1cc(C=CCCSC(C)=O)ccc1O. The molecule has 1 aromatic rings. The van der Waals surface area contributed by atoms with Gasteiger partial charge in [-0.2, -0.15) is 0 Å². The molecule has 0 bridgehead atoms. The van der Waals surface area contributed by atoms with Crippen LogP contribution in [0.1, 0.15) is 29.3 Å². The van der Waals surface area contributed by atoms with Crippen LogP contribution in [0.15, 0.2) is 24.3 Å². The van der Waals surface area contributed by atoms with Crippen molar-refractivity contribution in [1.82, 2.24) is 0 Å². The maximum atomic E-state index is 11.4. The molecule has 0 radical (unpaired) electrons. The molecule has 0 unspecified atom stereocenters. The van der Waals surface area contributed by atoms with Crippen LogP contribution in [0.2, 0.25) is 0 Å². The van der Waals surface area contributed by atoms with Crippen molar-refractivity contribution < 1.29 is 19.4 Å². The topological polar surface area (TPSA) is 63.6 Å². The van der Waals surface area contributed by atoms with Crippen molar-refractivity contribution in [1.29, 1.82) is 0 Å². The van der Waals surface area contributed by atoms with E-state index in [1.807, 2.05) is 12.2 Å². The summed E-state index contributed by atoms with van der Waals surface area (Å²) < 4.78 is 4.58. The number of aromatic hydroxyl groups is 1. The molecule has 0 aromatic heterocycles. The Morgan fingerprint density at radius 2 is 2.16 bits per heavy atom. The van der Waals surface area contributed by atoms with Crippen LogP contribution in [0, 0.1) is 0 Å². The average molecular weight is 280 g/mol. The average Bonchev–Trinajstić information content (AvgIpc) is 2.39. The molecule has 1 N–H and O–H groups in total. The van der Waals surface area contributed by atoms with Crippen molar-refractivity contribution in [2.24, 2.45) is 0 Å². The third-order valence-electron chi connectivity index (χ3n) is 2.33. The fourth-order valence-corrected chi connectivity index (χ4v) is 1.96. The van der Waals surface area contributed by atoms with E-state index in [0.29, 0.717) is 0 Å². The summed E-state index contributed by atoms with van der Waals surface area (Å²) in [6.07, 6.45) is 4.52. The molecule has 0 aliphatic rings. The lowest BCUT2D eigenvalue weighted by molar-refractivity contribution is -0.109. The number of methoxy groups -OCH3 is 1. The van der Waals surface area contributed by atoms with Gasteiger partial charge in [-0.1, -0.05) is 30.0 Å². The molecule has 0 aliphatic heterocycles. The molecule has 4 nitrogen and oxygen atoms in total. The van der Waals surface area contributed by atoms with E-state index in [1.54, 1.807) is 12.1 Å². The minimum atomic E-state index is -0.570. The first-order chi connectivity index (χ1) is 9.04. The number of esters is 1. The third kappa shape index (κ3) is 5.18. The standard InChI is InChI=1S/C14H16O4S/c1-10(15)19-8-4-3-5-11-6-7-13(16)12(9-11)14(17)18-2/h3,5-7,9,16H,4,8H2,1-2H3. The van der Waals surface area contributed by atoms with E-state index >= 15 is 0 Å². The number of phenolic OH excluding ortho intramolecular Hbond substituents is 1. The van der Waals surface area contributed by atoms with Crippen LogP contribution < -0.4 is 0 Å². The second-order valence-electron chi connectivity index (χ2n) is 3.80. The Hall–Kier alpha value is -1.75. The molecule has 0 atom stereocenters. The van der Waals surface area contributed by atoms with Crippen LogP contribution in [0.25, 0.3) is 6.08 Å². The highest BCUT2D eigenvalue weighted by molar-refractivity contribution is 8.13. The number of hydrogen-bond acceptors (Lipinski definition) is 5. The van der Waals surface area contributed by atoms with E-state index in [4.69, 9.17) is 0 Å². The fraction of sp³-hybridized carbons (Fsp3) is 0.286. The van der Waals surface area contributed by atoms with E-state index in [9.17, 15) is 14.7 Å². The van der Waals surface area contributed by atoms with Gasteiger partial charge in [-0.15, -0.1) is 0 Å². The van der Waals surface area contributed by atoms with E-state index in [-0.39, 0.29) is 16.4 Å². The molecule has 0 saturated carbocycles. The summed E-state index contributed by atoms with van der Waals surface area (Å²) in [5, 5.41) is 9.64. The largest absolute Gasteiger partial charge is 0.507 e. The summed E-state index contributed by atoms with van der Waals surface area (Å²) in [4.78, 5) is 22.1. The number of thioether (sulfide) groups is 1. The zero-order valence-corrected chi connectivity index (χ0v) is 11.7. The molecule has 5 heteroatoms. The van der Waals surface area contributed by atoms with Gasteiger partial charge in [-0.3, -0.25) is 4.79 Å². The van der Waals surface area contributed by atoms with E-state index in [1.165, 1.54) is 31.9 Å². The first-order valence-electron chi connectivity index (χ1n) is 5.76. The van der Waals surface area contributed by atoms with Crippen molar-refractivity contribution in [2.45, 2.75) is 13.3 Å². The quantitative estimate of drug-likeness (QED) is 0.663. The van der Waals surface area contributed by atoms with Crippen LogP contribution in [-0.2, 0) is 9.53 Å². The lowest BCUT2D eigenvalue weighted by atomic mass is 10.1. The molecular formula is C14H16O4S. The van der Waals surface area contributed by atoms with Gasteiger partial charge in [0.05, 0.1) is 7.11 Å². The van der Waals surface area contributed by atoms with Gasteiger partial charge in [0, 0.05) is 12.7 Å². The van der Waals surface area contributed by atoms with Crippen molar-refractivity contribution in [2.75, 3.05) is 12.9 Å². The van der Waals surface area contributed by atoms with E-state index < -0.39 is 5.97 Å². The highest BCUT2D eigenvalue weighted by Crippen LogP contribution is 2.20. The number of hydrogen-bond donors (Lipinski definition) is 1. The molecule has 0 heterocycles. The Morgan fingerprint density at radius 1 is 1.42 bits per heavy atom. The van der Waals surface area contributed by atoms with Gasteiger partial charge in [0.15, 0.2) is 5.12 Å². The Kier molecular flexibility index (Phi) is 6.15. The first-order valence-corrected chi connectivity index (χ1v) is 6.74. The first kappa shape index (κ1) is 15.3. The molecule has 0 saturated heterocycles. The van der Waals surface area contributed by atoms with E-state index in [2.05, 4.69) is 4.74 Å². The Balaban J connectivity index is 2.66. The zero-order valence-electron chi connectivity index (χ0n) is 10.9. The number of benzene rings is 1. The van der Waals surface area contributed by atoms with Gasteiger partial charge < -0.3 is 9.84 Å². The van der Waals surface area contributed by atoms with Crippen molar-refractivity contribution in [3.8, 4) is 5.75 Å². The summed E-state index contributed by atoms with van der Waals surface area (Å²) in [5.41, 5.74) is 0.939. The maximum absolute atomic E-state index is 11.4. The molecule has 0 aliphatic carbocycles. The van der Waals surface area contributed by atoms with Crippen LogP contribution in [0.5, 0.6) is 5.75 Å².